The van der Waals surface area contributed by atoms with E-state index >= 15 is 0 Å². The zero-order valence-electron chi connectivity index (χ0n) is 30.0. The van der Waals surface area contributed by atoms with Crippen LogP contribution in [0.4, 0.5) is 0 Å². The number of hydrogen-bond acceptors (Lipinski definition) is 3. The minimum Gasteiger partial charge on any atom is -0.208 e. The highest BCUT2D eigenvalue weighted by molar-refractivity contribution is 5.89. The van der Waals surface area contributed by atoms with Gasteiger partial charge in [-0.1, -0.05) is 206 Å². The Morgan fingerprint density at radius 1 is 0.255 bits per heavy atom. The highest BCUT2D eigenvalue weighted by atomic mass is 15.0. The molecule has 9 aromatic rings. The average molecular weight is 702 g/mol. The molecule has 1 heterocycles. The molecule has 0 saturated heterocycles. The fraction of sp³-hybridized carbons (Fsp3) is 0.0192. The molecule has 0 atom stereocenters. The zero-order chi connectivity index (χ0) is 36.6. The minimum absolute atomic E-state index is 0.539. The standard InChI is InChI=1S/C52H35N3/c1-5-19-36(20-6-1)41-27-13-15-30-45(41)50-53-49(54-51(55-50)46-31-16-14-28-42(46)37-21-7-2-8-22-37)38-33-34-44-43-29-17-18-32-47(43)52(48(44)35-38,39-23-9-3-10-24-39)40-25-11-4-12-26-40/h1-35H. The lowest BCUT2D eigenvalue weighted by Gasteiger charge is -2.34. The third-order valence-corrected chi connectivity index (χ3v) is 10.9. The Hall–Kier alpha value is -7.23. The summed E-state index contributed by atoms with van der Waals surface area (Å²) < 4.78 is 0. The van der Waals surface area contributed by atoms with Crippen LogP contribution in [0.1, 0.15) is 22.3 Å². The molecule has 1 aromatic heterocycles. The van der Waals surface area contributed by atoms with Gasteiger partial charge in [0.25, 0.3) is 0 Å². The Morgan fingerprint density at radius 2 is 0.636 bits per heavy atom. The van der Waals surface area contributed by atoms with Gasteiger partial charge in [-0.3, -0.25) is 0 Å². The Kier molecular flexibility index (Phi) is 8.04. The van der Waals surface area contributed by atoms with Crippen LogP contribution in [0.2, 0.25) is 0 Å². The predicted octanol–water partition coefficient (Wildman–Crippen LogP) is 12.6. The smallest absolute Gasteiger partial charge is 0.164 e. The van der Waals surface area contributed by atoms with Gasteiger partial charge in [-0.05, 0) is 61.7 Å². The highest BCUT2D eigenvalue weighted by Gasteiger charge is 2.46. The van der Waals surface area contributed by atoms with E-state index in [-0.39, 0.29) is 0 Å². The molecule has 0 radical (unpaired) electrons. The first kappa shape index (κ1) is 32.4. The van der Waals surface area contributed by atoms with Crippen molar-refractivity contribution in [3.05, 3.63) is 235 Å². The van der Waals surface area contributed by atoms with Gasteiger partial charge in [-0.2, -0.15) is 0 Å². The molecule has 0 bridgehead atoms. The van der Waals surface area contributed by atoms with Crippen LogP contribution in [0.3, 0.4) is 0 Å². The van der Waals surface area contributed by atoms with Gasteiger partial charge in [0.05, 0.1) is 5.41 Å². The first-order valence-electron chi connectivity index (χ1n) is 18.7. The first-order chi connectivity index (χ1) is 27.3. The van der Waals surface area contributed by atoms with E-state index in [1.165, 1.54) is 33.4 Å². The number of rotatable bonds is 7. The van der Waals surface area contributed by atoms with E-state index < -0.39 is 5.41 Å². The second-order valence-corrected chi connectivity index (χ2v) is 13.9. The number of fused-ring (bicyclic) bond motifs is 3. The molecule has 10 rings (SSSR count). The third-order valence-electron chi connectivity index (χ3n) is 10.9. The Balaban J connectivity index is 1.24. The van der Waals surface area contributed by atoms with Crippen molar-refractivity contribution in [2.75, 3.05) is 0 Å². The van der Waals surface area contributed by atoms with Crippen molar-refractivity contribution in [2.45, 2.75) is 5.41 Å². The van der Waals surface area contributed by atoms with Crippen molar-refractivity contribution in [3.8, 4) is 67.5 Å². The summed E-state index contributed by atoms with van der Waals surface area (Å²) in [5, 5.41) is 0. The van der Waals surface area contributed by atoms with E-state index in [0.29, 0.717) is 17.5 Å². The van der Waals surface area contributed by atoms with Gasteiger partial charge in [-0.15, -0.1) is 0 Å². The zero-order valence-corrected chi connectivity index (χ0v) is 30.0. The maximum atomic E-state index is 5.33. The minimum atomic E-state index is -0.539. The molecule has 3 nitrogen and oxygen atoms in total. The number of nitrogens with zero attached hydrogens (tertiary/aromatic N) is 3. The molecular weight excluding hydrogens is 667 g/mol. The fourth-order valence-corrected chi connectivity index (χ4v) is 8.42. The summed E-state index contributed by atoms with van der Waals surface area (Å²) in [6.45, 7) is 0. The van der Waals surface area contributed by atoms with E-state index in [4.69, 9.17) is 15.0 Å². The summed E-state index contributed by atoms with van der Waals surface area (Å²) in [6.07, 6.45) is 0. The summed E-state index contributed by atoms with van der Waals surface area (Å²) >= 11 is 0. The molecule has 258 valence electrons. The normalized spacial score (nSPS) is 12.5. The van der Waals surface area contributed by atoms with Crippen LogP contribution in [-0.4, -0.2) is 15.0 Å². The molecule has 0 spiro atoms. The van der Waals surface area contributed by atoms with Gasteiger partial charge >= 0.3 is 0 Å². The number of hydrogen-bond donors (Lipinski definition) is 0. The topological polar surface area (TPSA) is 38.7 Å². The summed E-state index contributed by atoms with van der Waals surface area (Å²) in [4.78, 5) is 15.9. The van der Waals surface area contributed by atoms with Gasteiger partial charge in [0.15, 0.2) is 17.5 Å². The fourth-order valence-electron chi connectivity index (χ4n) is 8.42. The molecule has 0 amide bonds. The van der Waals surface area contributed by atoms with Crippen LogP contribution in [0.15, 0.2) is 212 Å². The van der Waals surface area contributed by atoms with Gasteiger partial charge < -0.3 is 0 Å². The lowest BCUT2D eigenvalue weighted by atomic mass is 9.67. The molecule has 55 heavy (non-hydrogen) atoms. The molecular formula is C52H35N3. The van der Waals surface area contributed by atoms with Crippen LogP contribution in [0.5, 0.6) is 0 Å². The van der Waals surface area contributed by atoms with E-state index in [1.807, 2.05) is 12.1 Å². The molecule has 1 aliphatic rings. The maximum Gasteiger partial charge on any atom is 0.164 e. The first-order valence-corrected chi connectivity index (χ1v) is 18.7. The summed E-state index contributed by atoms with van der Waals surface area (Å²) in [6, 6.07) is 75.1. The van der Waals surface area contributed by atoms with Crippen molar-refractivity contribution >= 4 is 0 Å². The van der Waals surface area contributed by atoms with E-state index in [0.717, 1.165) is 38.9 Å². The predicted molar refractivity (Wildman–Crippen MR) is 224 cm³/mol. The highest BCUT2D eigenvalue weighted by Crippen LogP contribution is 2.56. The second-order valence-electron chi connectivity index (χ2n) is 13.9. The number of benzene rings is 8. The van der Waals surface area contributed by atoms with Crippen LogP contribution in [0, 0.1) is 0 Å². The van der Waals surface area contributed by atoms with E-state index in [1.54, 1.807) is 0 Å². The lowest BCUT2D eigenvalue weighted by Crippen LogP contribution is -2.28. The molecule has 0 fully saturated rings. The van der Waals surface area contributed by atoms with Gasteiger partial charge in [0.2, 0.25) is 0 Å². The Bertz CT molecular complexity index is 2660. The summed E-state index contributed by atoms with van der Waals surface area (Å²) in [5.41, 5.74) is 14.0. The molecule has 0 N–H and O–H groups in total. The summed E-state index contributed by atoms with van der Waals surface area (Å²) in [7, 11) is 0. The third kappa shape index (κ3) is 5.48. The Morgan fingerprint density at radius 3 is 1.15 bits per heavy atom. The Labute approximate surface area is 321 Å². The van der Waals surface area contributed by atoms with E-state index in [9.17, 15) is 0 Å². The molecule has 0 aliphatic heterocycles. The van der Waals surface area contributed by atoms with Crippen molar-refractivity contribution < 1.29 is 0 Å². The lowest BCUT2D eigenvalue weighted by molar-refractivity contribution is 0.768. The van der Waals surface area contributed by atoms with Gasteiger partial charge in [0.1, 0.15) is 0 Å². The average Bonchev–Trinajstić information content (AvgIpc) is 3.58. The van der Waals surface area contributed by atoms with Crippen LogP contribution >= 0.6 is 0 Å². The van der Waals surface area contributed by atoms with Crippen LogP contribution in [-0.2, 0) is 5.41 Å². The van der Waals surface area contributed by atoms with Crippen molar-refractivity contribution in [2.24, 2.45) is 0 Å². The van der Waals surface area contributed by atoms with Crippen molar-refractivity contribution in [3.63, 3.8) is 0 Å². The van der Waals surface area contributed by atoms with Crippen LogP contribution in [0.25, 0.3) is 67.5 Å². The van der Waals surface area contributed by atoms with Gasteiger partial charge in [0, 0.05) is 16.7 Å². The quantitative estimate of drug-likeness (QED) is 0.166. The summed E-state index contributed by atoms with van der Waals surface area (Å²) in [5.74, 6) is 1.88. The molecule has 1 aliphatic carbocycles. The molecule has 3 heteroatoms. The van der Waals surface area contributed by atoms with Gasteiger partial charge in [-0.25, -0.2) is 15.0 Å². The monoisotopic (exact) mass is 701 g/mol. The maximum absolute atomic E-state index is 5.33. The number of aromatic nitrogens is 3. The van der Waals surface area contributed by atoms with Crippen molar-refractivity contribution in [1.29, 1.82) is 0 Å². The second kappa shape index (κ2) is 13.6. The van der Waals surface area contributed by atoms with E-state index in [2.05, 4.69) is 200 Å². The SMILES string of the molecule is c1ccc(-c2ccccc2-c2nc(-c3ccc4c(c3)C(c3ccccc3)(c3ccccc3)c3ccccc3-4)nc(-c3ccccc3-c3ccccc3)n2)cc1. The molecule has 0 saturated carbocycles. The molecule has 8 aromatic carbocycles. The van der Waals surface area contributed by atoms with Crippen molar-refractivity contribution in [1.82, 2.24) is 15.0 Å². The largest absolute Gasteiger partial charge is 0.208 e. The molecule has 0 unspecified atom stereocenters. The van der Waals surface area contributed by atoms with Crippen LogP contribution < -0.4 is 0 Å².